The molecule has 2 N–H and O–H groups in total. The zero-order valence-electron chi connectivity index (χ0n) is 16.8. The number of carbonyl (C=O) groups is 1. The minimum absolute atomic E-state index is 0.0676. The lowest BCUT2D eigenvalue weighted by Crippen LogP contribution is -2.43. The molecule has 2 aliphatic heterocycles. The van der Waals surface area contributed by atoms with Crippen LogP contribution in [0.2, 0.25) is 0 Å². The quantitative estimate of drug-likeness (QED) is 0.671. The lowest BCUT2D eigenvalue weighted by molar-refractivity contribution is 0.0924. The van der Waals surface area contributed by atoms with Gasteiger partial charge in [-0.1, -0.05) is 29.5 Å². The van der Waals surface area contributed by atoms with E-state index in [9.17, 15) is 4.79 Å². The number of methoxy groups -OCH3 is 1. The Morgan fingerprint density at radius 2 is 2.13 bits per heavy atom. The molecular weight excluding hydrogens is 400 g/mol. The molecule has 2 aromatic carbocycles. The average molecular weight is 425 g/mol. The maximum absolute atomic E-state index is 13.1. The molecular formula is C22H24N4O3S. The number of anilines is 1. The molecule has 3 aromatic rings. The summed E-state index contributed by atoms with van der Waals surface area (Å²) < 4.78 is 12.2. The fourth-order valence-electron chi connectivity index (χ4n) is 4.00. The normalized spacial score (nSPS) is 18.6. The molecule has 0 bridgehead atoms. The highest BCUT2D eigenvalue weighted by molar-refractivity contribution is 7.22. The zero-order chi connectivity index (χ0) is 20.5. The number of ether oxygens (including phenoxy) is 2. The van der Waals surface area contributed by atoms with Crippen molar-refractivity contribution in [2.75, 3.05) is 44.8 Å². The van der Waals surface area contributed by atoms with Crippen LogP contribution in [0.3, 0.4) is 0 Å². The maximum Gasteiger partial charge on any atom is 0.251 e. The first kappa shape index (κ1) is 19.1. The van der Waals surface area contributed by atoms with Crippen molar-refractivity contribution < 1.29 is 14.3 Å². The summed E-state index contributed by atoms with van der Waals surface area (Å²) in [4.78, 5) is 20.2. The Bertz CT molecular complexity index is 1080. The molecule has 0 saturated carbocycles. The first-order chi connectivity index (χ1) is 14.7. The summed E-state index contributed by atoms with van der Waals surface area (Å²) in [6.07, 6.45) is 0.746. The van der Waals surface area contributed by atoms with Crippen molar-refractivity contribution in [3.05, 3.63) is 47.5 Å². The van der Waals surface area contributed by atoms with Crippen molar-refractivity contribution in [3.63, 3.8) is 0 Å². The largest absolute Gasteiger partial charge is 0.494 e. The van der Waals surface area contributed by atoms with E-state index in [0.717, 1.165) is 59.3 Å². The maximum atomic E-state index is 13.1. The monoisotopic (exact) mass is 424 g/mol. The number of aromatic nitrogens is 1. The number of rotatable bonds is 4. The van der Waals surface area contributed by atoms with Crippen molar-refractivity contribution in [2.24, 2.45) is 0 Å². The third-order valence-electron chi connectivity index (χ3n) is 5.58. The van der Waals surface area contributed by atoms with Gasteiger partial charge in [-0.05, 0) is 18.2 Å². The first-order valence-corrected chi connectivity index (χ1v) is 11.0. The summed E-state index contributed by atoms with van der Waals surface area (Å²) in [6, 6.07) is 11.5. The van der Waals surface area contributed by atoms with E-state index in [1.807, 2.05) is 30.3 Å². The number of carbonyl (C=O) groups excluding carboxylic acids is 1. The second-order valence-corrected chi connectivity index (χ2v) is 8.47. The van der Waals surface area contributed by atoms with E-state index in [0.29, 0.717) is 17.9 Å². The van der Waals surface area contributed by atoms with Crippen LogP contribution in [0, 0.1) is 0 Å². The van der Waals surface area contributed by atoms with Gasteiger partial charge in [-0.3, -0.25) is 4.79 Å². The third-order valence-corrected chi connectivity index (χ3v) is 6.65. The Labute approximate surface area is 179 Å². The Hall–Kier alpha value is -2.84. The smallest absolute Gasteiger partial charge is 0.251 e. The van der Waals surface area contributed by atoms with Gasteiger partial charge >= 0.3 is 0 Å². The van der Waals surface area contributed by atoms with Crippen LogP contribution in [0.5, 0.6) is 11.5 Å². The van der Waals surface area contributed by atoms with Crippen LogP contribution in [-0.4, -0.2) is 50.8 Å². The van der Waals surface area contributed by atoms with Gasteiger partial charge in [0.05, 0.1) is 24.5 Å². The number of fused-ring (bicyclic) bond motifs is 2. The molecule has 0 aliphatic carbocycles. The first-order valence-electron chi connectivity index (χ1n) is 10.2. The molecule has 5 rings (SSSR count). The summed E-state index contributed by atoms with van der Waals surface area (Å²) >= 11 is 1.61. The fourth-order valence-corrected chi connectivity index (χ4v) is 5.07. The van der Waals surface area contributed by atoms with E-state index in [1.165, 1.54) is 0 Å². The Balaban J connectivity index is 1.43. The molecule has 30 heavy (non-hydrogen) atoms. The SMILES string of the molecule is COc1cc(C(=O)N[C@H]2CCOc3ccccc32)cc2sc(N3CCNCC3)nc12. The minimum atomic E-state index is -0.117. The summed E-state index contributed by atoms with van der Waals surface area (Å²) in [7, 11) is 1.62. The van der Waals surface area contributed by atoms with Crippen LogP contribution in [0.4, 0.5) is 5.13 Å². The molecule has 1 amide bonds. The summed E-state index contributed by atoms with van der Waals surface area (Å²) in [5.74, 6) is 1.35. The van der Waals surface area contributed by atoms with Crippen LogP contribution >= 0.6 is 11.3 Å². The van der Waals surface area contributed by atoms with Gasteiger partial charge in [-0.15, -0.1) is 0 Å². The van der Waals surface area contributed by atoms with Crippen LogP contribution in [0.1, 0.15) is 28.4 Å². The molecule has 2 aliphatic rings. The van der Waals surface area contributed by atoms with Crippen LogP contribution in [-0.2, 0) is 0 Å². The highest BCUT2D eigenvalue weighted by Crippen LogP contribution is 2.36. The number of piperazine rings is 1. The summed E-state index contributed by atoms with van der Waals surface area (Å²) in [6.45, 7) is 4.35. The number of hydrogen-bond donors (Lipinski definition) is 2. The molecule has 1 fully saturated rings. The van der Waals surface area contributed by atoms with Gasteiger partial charge in [0.1, 0.15) is 17.0 Å². The van der Waals surface area contributed by atoms with Gasteiger partial charge in [-0.2, -0.15) is 0 Å². The zero-order valence-corrected chi connectivity index (χ0v) is 17.6. The van der Waals surface area contributed by atoms with Gasteiger partial charge in [0.2, 0.25) is 0 Å². The van der Waals surface area contributed by atoms with E-state index in [-0.39, 0.29) is 11.9 Å². The molecule has 3 heterocycles. The molecule has 7 nitrogen and oxygen atoms in total. The van der Waals surface area contributed by atoms with E-state index in [2.05, 4.69) is 15.5 Å². The topological polar surface area (TPSA) is 75.7 Å². The van der Waals surface area contributed by atoms with Gasteiger partial charge in [-0.25, -0.2) is 4.98 Å². The third kappa shape index (κ3) is 3.57. The molecule has 8 heteroatoms. The van der Waals surface area contributed by atoms with Gasteiger partial charge in [0.15, 0.2) is 5.13 Å². The number of hydrogen-bond acceptors (Lipinski definition) is 7. The minimum Gasteiger partial charge on any atom is -0.494 e. The second kappa shape index (κ2) is 8.12. The van der Waals surface area contributed by atoms with E-state index in [4.69, 9.17) is 14.5 Å². The number of nitrogens with one attached hydrogen (secondary N) is 2. The van der Waals surface area contributed by atoms with E-state index in [1.54, 1.807) is 24.5 Å². The van der Waals surface area contributed by atoms with E-state index >= 15 is 0 Å². The predicted molar refractivity (Wildman–Crippen MR) is 118 cm³/mol. The lowest BCUT2D eigenvalue weighted by atomic mass is 10.00. The van der Waals surface area contributed by atoms with Gasteiger partial charge in [0.25, 0.3) is 5.91 Å². The van der Waals surface area contributed by atoms with E-state index < -0.39 is 0 Å². The highest BCUT2D eigenvalue weighted by atomic mass is 32.1. The van der Waals surface area contributed by atoms with Crippen molar-refractivity contribution in [3.8, 4) is 11.5 Å². The molecule has 1 saturated heterocycles. The number of nitrogens with zero attached hydrogens (tertiary/aromatic N) is 2. The molecule has 1 aromatic heterocycles. The van der Waals surface area contributed by atoms with Gasteiger partial charge in [0, 0.05) is 43.7 Å². The number of thiazole rings is 1. The Kier molecular flexibility index (Phi) is 5.18. The number of benzene rings is 2. The summed E-state index contributed by atoms with van der Waals surface area (Å²) in [5, 5.41) is 7.50. The van der Waals surface area contributed by atoms with Crippen LogP contribution in [0.15, 0.2) is 36.4 Å². The average Bonchev–Trinajstić information content (AvgIpc) is 3.23. The highest BCUT2D eigenvalue weighted by Gasteiger charge is 2.24. The van der Waals surface area contributed by atoms with Crippen molar-refractivity contribution in [2.45, 2.75) is 12.5 Å². The molecule has 0 radical (unpaired) electrons. The van der Waals surface area contributed by atoms with Crippen LogP contribution < -0.4 is 25.0 Å². The second-order valence-electron chi connectivity index (χ2n) is 7.46. The van der Waals surface area contributed by atoms with Crippen molar-refractivity contribution in [1.29, 1.82) is 0 Å². The molecule has 0 unspecified atom stereocenters. The summed E-state index contributed by atoms with van der Waals surface area (Å²) in [5.41, 5.74) is 2.41. The lowest BCUT2D eigenvalue weighted by Gasteiger charge is -2.26. The molecule has 1 atom stereocenters. The Morgan fingerprint density at radius 3 is 2.97 bits per heavy atom. The van der Waals surface area contributed by atoms with Gasteiger partial charge < -0.3 is 25.0 Å². The number of para-hydroxylation sites is 1. The fraction of sp³-hybridized carbons (Fsp3) is 0.364. The predicted octanol–water partition coefficient (Wildman–Crippen LogP) is 2.97. The molecule has 0 spiro atoms. The molecule has 156 valence electrons. The standard InChI is InChI=1S/C22H24N4O3S/c1-28-18-12-14(13-19-20(18)25-22(30-19)26-9-7-23-8-10-26)21(27)24-16-6-11-29-17-5-3-2-4-15(16)17/h2-5,12-13,16,23H,6-11H2,1H3,(H,24,27)/t16-/m0/s1. The Morgan fingerprint density at radius 1 is 1.30 bits per heavy atom. The number of amides is 1. The van der Waals surface area contributed by atoms with Crippen molar-refractivity contribution >= 4 is 32.6 Å². The van der Waals surface area contributed by atoms with Crippen LogP contribution in [0.25, 0.3) is 10.2 Å². The van der Waals surface area contributed by atoms with Crippen molar-refractivity contribution in [1.82, 2.24) is 15.6 Å².